The van der Waals surface area contributed by atoms with Crippen molar-refractivity contribution < 1.29 is 4.39 Å². The van der Waals surface area contributed by atoms with Gasteiger partial charge in [-0.3, -0.25) is 5.10 Å². The minimum Gasteiger partial charge on any atom is -0.277 e. The SMILES string of the molecule is Fc1cccc(-c2cc(-c3cncnc3)n[nH]2)c1. The molecule has 4 nitrogen and oxygen atoms in total. The fraction of sp³-hybridized carbons (Fsp3) is 0. The van der Waals surface area contributed by atoms with Gasteiger partial charge in [0, 0.05) is 23.5 Å². The molecule has 2 aromatic heterocycles. The third-order valence-corrected chi connectivity index (χ3v) is 2.57. The van der Waals surface area contributed by atoms with Crippen molar-refractivity contribution in [1.82, 2.24) is 20.2 Å². The molecule has 0 radical (unpaired) electrons. The Kier molecular flexibility index (Phi) is 2.57. The molecule has 18 heavy (non-hydrogen) atoms. The van der Waals surface area contributed by atoms with Crippen LogP contribution in [0.1, 0.15) is 0 Å². The second-order valence-corrected chi connectivity index (χ2v) is 3.80. The molecule has 0 unspecified atom stereocenters. The number of halogens is 1. The molecule has 0 saturated carbocycles. The van der Waals surface area contributed by atoms with Crippen LogP contribution < -0.4 is 0 Å². The maximum absolute atomic E-state index is 13.1. The standard InChI is InChI=1S/C13H9FN4/c14-11-3-1-2-9(4-11)12-5-13(18-17-12)10-6-15-8-16-7-10/h1-8H,(H,17,18). The third-order valence-electron chi connectivity index (χ3n) is 2.57. The van der Waals surface area contributed by atoms with Gasteiger partial charge in [-0.25, -0.2) is 14.4 Å². The second kappa shape index (κ2) is 4.37. The van der Waals surface area contributed by atoms with Gasteiger partial charge in [0.25, 0.3) is 0 Å². The van der Waals surface area contributed by atoms with Gasteiger partial charge in [-0.05, 0) is 18.2 Å². The maximum atomic E-state index is 13.1. The van der Waals surface area contributed by atoms with Crippen LogP contribution in [0.25, 0.3) is 22.5 Å². The lowest BCUT2D eigenvalue weighted by Gasteiger charge is -1.96. The van der Waals surface area contributed by atoms with Crippen molar-refractivity contribution in [3.8, 4) is 22.5 Å². The lowest BCUT2D eigenvalue weighted by molar-refractivity contribution is 0.628. The minimum absolute atomic E-state index is 0.272. The van der Waals surface area contributed by atoms with E-state index in [4.69, 9.17) is 0 Å². The topological polar surface area (TPSA) is 54.5 Å². The normalized spacial score (nSPS) is 10.5. The first-order valence-corrected chi connectivity index (χ1v) is 5.40. The van der Waals surface area contributed by atoms with Crippen molar-refractivity contribution in [3.63, 3.8) is 0 Å². The molecule has 0 aliphatic rings. The molecule has 0 bridgehead atoms. The van der Waals surface area contributed by atoms with E-state index in [1.807, 2.05) is 12.1 Å². The summed E-state index contributed by atoms with van der Waals surface area (Å²) in [5, 5.41) is 7.04. The monoisotopic (exact) mass is 240 g/mol. The van der Waals surface area contributed by atoms with E-state index in [0.29, 0.717) is 0 Å². The van der Waals surface area contributed by atoms with Gasteiger partial charge in [-0.2, -0.15) is 5.10 Å². The average Bonchev–Trinajstić information content (AvgIpc) is 2.89. The summed E-state index contributed by atoms with van der Waals surface area (Å²) in [5.74, 6) is -0.272. The Morgan fingerprint density at radius 2 is 1.83 bits per heavy atom. The molecule has 0 aliphatic heterocycles. The van der Waals surface area contributed by atoms with E-state index in [9.17, 15) is 4.39 Å². The zero-order valence-electron chi connectivity index (χ0n) is 9.34. The highest BCUT2D eigenvalue weighted by molar-refractivity contribution is 5.67. The fourth-order valence-corrected chi connectivity index (χ4v) is 1.70. The average molecular weight is 240 g/mol. The van der Waals surface area contributed by atoms with Crippen LogP contribution in [-0.2, 0) is 0 Å². The molecule has 0 atom stereocenters. The third kappa shape index (κ3) is 1.98. The zero-order chi connectivity index (χ0) is 12.4. The number of aromatic nitrogens is 4. The van der Waals surface area contributed by atoms with E-state index < -0.39 is 0 Å². The van der Waals surface area contributed by atoms with Gasteiger partial charge >= 0.3 is 0 Å². The number of hydrogen-bond acceptors (Lipinski definition) is 3. The van der Waals surface area contributed by atoms with Crippen LogP contribution in [0.15, 0.2) is 49.1 Å². The number of aromatic amines is 1. The maximum Gasteiger partial charge on any atom is 0.123 e. The zero-order valence-corrected chi connectivity index (χ0v) is 9.34. The Morgan fingerprint density at radius 3 is 2.61 bits per heavy atom. The van der Waals surface area contributed by atoms with Crippen molar-refractivity contribution in [2.24, 2.45) is 0 Å². The number of nitrogens with zero attached hydrogens (tertiary/aromatic N) is 3. The van der Waals surface area contributed by atoms with Gasteiger partial charge < -0.3 is 0 Å². The van der Waals surface area contributed by atoms with Gasteiger partial charge in [0.15, 0.2) is 0 Å². The second-order valence-electron chi connectivity index (χ2n) is 3.80. The van der Waals surface area contributed by atoms with Gasteiger partial charge in [-0.15, -0.1) is 0 Å². The summed E-state index contributed by atoms with van der Waals surface area (Å²) in [6.07, 6.45) is 4.82. The molecule has 2 heterocycles. The lowest BCUT2D eigenvalue weighted by atomic mass is 10.1. The lowest BCUT2D eigenvalue weighted by Crippen LogP contribution is -1.81. The van der Waals surface area contributed by atoms with E-state index in [1.54, 1.807) is 18.5 Å². The van der Waals surface area contributed by atoms with Gasteiger partial charge in [0.1, 0.15) is 12.1 Å². The summed E-state index contributed by atoms with van der Waals surface area (Å²) in [6, 6.07) is 8.19. The van der Waals surface area contributed by atoms with Crippen LogP contribution in [0.3, 0.4) is 0 Å². The van der Waals surface area contributed by atoms with Crippen molar-refractivity contribution in [2.45, 2.75) is 0 Å². The number of rotatable bonds is 2. The van der Waals surface area contributed by atoms with Crippen LogP contribution in [0.4, 0.5) is 4.39 Å². The first-order chi connectivity index (χ1) is 8.83. The fourth-order valence-electron chi connectivity index (χ4n) is 1.70. The summed E-state index contributed by atoms with van der Waals surface area (Å²) in [4.78, 5) is 7.86. The molecular formula is C13H9FN4. The minimum atomic E-state index is -0.272. The molecule has 0 fully saturated rings. The van der Waals surface area contributed by atoms with E-state index in [2.05, 4.69) is 20.2 Å². The first-order valence-electron chi connectivity index (χ1n) is 5.40. The molecule has 0 saturated heterocycles. The summed E-state index contributed by atoms with van der Waals surface area (Å²) in [5.41, 5.74) is 3.06. The highest BCUT2D eigenvalue weighted by Gasteiger charge is 2.06. The van der Waals surface area contributed by atoms with Crippen molar-refractivity contribution in [3.05, 3.63) is 54.9 Å². The largest absolute Gasteiger partial charge is 0.277 e. The highest BCUT2D eigenvalue weighted by atomic mass is 19.1. The van der Waals surface area contributed by atoms with Crippen LogP contribution >= 0.6 is 0 Å². The van der Waals surface area contributed by atoms with Crippen LogP contribution in [0.2, 0.25) is 0 Å². The Labute approximate surface area is 103 Å². The Bertz CT molecular complexity index is 664. The Morgan fingerprint density at radius 1 is 1.00 bits per heavy atom. The molecule has 3 aromatic rings. The molecule has 3 rings (SSSR count). The van der Waals surface area contributed by atoms with Gasteiger partial charge in [0.05, 0.1) is 11.4 Å². The summed E-state index contributed by atoms with van der Waals surface area (Å²) < 4.78 is 13.1. The van der Waals surface area contributed by atoms with Crippen molar-refractivity contribution in [1.29, 1.82) is 0 Å². The molecule has 5 heteroatoms. The van der Waals surface area contributed by atoms with Crippen molar-refractivity contribution in [2.75, 3.05) is 0 Å². The molecule has 0 spiro atoms. The quantitative estimate of drug-likeness (QED) is 0.749. The number of nitrogens with one attached hydrogen (secondary N) is 1. The predicted octanol–water partition coefficient (Wildman–Crippen LogP) is 2.67. The molecule has 88 valence electrons. The summed E-state index contributed by atoms with van der Waals surface area (Å²) in [6.45, 7) is 0. The van der Waals surface area contributed by atoms with E-state index in [-0.39, 0.29) is 5.82 Å². The number of benzene rings is 1. The number of hydrogen-bond donors (Lipinski definition) is 1. The molecule has 1 N–H and O–H groups in total. The van der Waals surface area contributed by atoms with Gasteiger partial charge in [0.2, 0.25) is 0 Å². The molecular weight excluding hydrogens is 231 g/mol. The van der Waals surface area contributed by atoms with E-state index in [0.717, 1.165) is 22.5 Å². The Balaban J connectivity index is 2.00. The van der Waals surface area contributed by atoms with Crippen LogP contribution in [0.5, 0.6) is 0 Å². The van der Waals surface area contributed by atoms with E-state index in [1.165, 1.54) is 18.5 Å². The molecule has 0 aliphatic carbocycles. The summed E-state index contributed by atoms with van der Waals surface area (Å²) in [7, 11) is 0. The smallest absolute Gasteiger partial charge is 0.123 e. The molecule has 1 aromatic carbocycles. The predicted molar refractivity (Wildman–Crippen MR) is 65.0 cm³/mol. The highest BCUT2D eigenvalue weighted by Crippen LogP contribution is 2.23. The molecule has 0 amide bonds. The van der Waals surface area contributed by atoms with E-state index >= 15 is 0 Å². The first kappa shape index (κ1) is 10.6. The Hall–Kier alpha value is -2.56. The van der Waals surface area contributed by atoms with Crippen molar-refractivity contribution >= 4 is 0 Å². The van der Waals surface area contributed by atoms with Crippen LogP contribution in [-0.4, -0.2) is 20.2 Å². The van der Waals surface area contributed by atoms with Gasteiger partial charge in [-0.1, -0.05) is 12.1 Å². The summed E-state index contributed by atoms with van der Waals surface area (Å²) >= 11 is 0. The van der Waals surface area contributed by atoms with Crippen LogP contribution in [0, 0.1) is 5.82 Å². The number of H-pyrrole nitrogens is 1.